The van der Waals surface area contributed by atoms with Crippen molar-refractivity contribution in [3.8, 4) is 0 Å². The number of nitrogens with zero attached hydrogens (tertiary/aromatic N) is 2. The first-order valence-electron chi connectivity index (χ1n) is 8.38. The molecule has 0 aromatic heterocycles. The van der Waals surface area contributed by atoms with E-state index < -0.39 is 0 Å². The third-order valence-corrected chi connectivity index (χ3v) is 3.81. The molecule has 0 atom stereocenters. The highest BCUT2D eigenvalue weighted by Gasteiger charge is 2.12. The van der Waals surface area contributed by atoms with E-state index in [2.05, 4.69) is 48.2 Å². The second-order valence-electron chi connectivity index (χ2n) is 6.26. The van der Waals surface area contributed by atoms with Crippen LogP contribution in [-0.2, 0) is 6.54 Å². The minimum atomic E-state index is -0.212. The van der Waals surface area contributed by atoms with Gasteiger partial charge in [0, 0.05) is 38.8 Å². The summed E-state index contributed by atoms with van der Waals surface area (Å²) in [4.78, 5) is 6.70. The molecule has 0 aliphatic heterocycles. The highest BCUT2D eigenvalue weighted by atomic mass is 127. The number of hydrogen-bond acceptors (Lipinski definition) is 2. The Labute approximate surface area is 163 Å². The predicted molar refractivity (Wildman–Crippen MR) is 112 cm³/mol. The van der Waals surface area contributed by atoms with Crippen LogP contribution in [-0.4, -0.2) is 43.1 Å². The van der Waals surface area contributed by atoms with Crippen LogP contribution in [0.5, 0.6) is 0 Å². The largest absolute Gasteiger partial charge is 0.356 e. The maximum absolute atomic E-state index is 12.9. The lowest BCUT2D eigenvalue weighted by Gasteiger charge is -2.30. The molecule has 0 bridgehead atoms. The number of halogens is 2. The van der Waals surface area contributed by atoms with Crippen LogP contribution >= 0.6 is 24.0 Å². The molecule has 1 rings (SSSR count). The molecular formula is C18H32FIN4. The highest BCUT2D eigenvalue weighted by Crippen LogP contribution is 2.05. The number of nitrogens with one attached hydrogen (secondary N) is 2. The van der Waals surface area contributed by atoms with E-state index >= 15 is 0 Å². The van der Waals surface area contributed by atoms with Crippen molar-refractivity contribution in [1.29, 1.82) is 0 Å². The Morgan fingerprint density at radius 1 is 1.08 bits per heavy atom. The Morgan fingerprint density at radius 2 is 1.67 bits per heavy atom. The number of benzene rings is 1. The summed E-state index contributed by atoms with van der Waals surface area (Å²) in [5, 5.41) is 6.56. The van der Waals surface area contributed by atoms with Crippen LogP contribution in [0.3, 0.4) is 0 Å². The van der Waals surface area contributed by atoms with Crippen LogP contribution in [0.4, 0.5) is 4.39 Å². The Kier molecular flexibility index (Phi) is 12.0. The molecule has 0 aliphatic carbocycles. The predicted octanol–water partition coefficient (Wildman–Crippen LogP) is 3.62. The second-order valence-corrected chi connectivity index (χ2v) is 6.26. The summed E-state index contributed by atoms with van der Waals surface area (Å²) in [6.07, 6.45) is 1.06. The van der Waals surface area contributed by atoms with Crippen LogP contribution in [0, 0.1) is 5.82 Å². The third kappa shape index (κ3) is 8.82. The zero-order valence-electron chi connectivity index (χ0n) is 15.5. The van der Waals surface area contributed by atoms with E-state index in [-0.39, 0.29) is 29.8 Å². The lowest BCUT2D eigenvalue weighted by atomic mass is 10.2. The highest BCUT2D eigenvalue weighted by molar-refractivity contribution is 14.0. The van der Waals surface area contributed by atoms with Crippen molar-refractivity contribution in [1.82, 2.24) is 15.5 Å². The van der Waals surface area contributed by atoms with Crippen LogP contribution < -0.4 is 10.6 Å². The van der Waals surface area contributed by atoms with Gasteiger partial charge in [-0.3, -0.25) is 9.89 Å². The quantitative estimate of drug-likeness (QED) is 0.275. The first kappa shape index (κ1) is 23.1. The van der Waals surface area contributed by atoms with Gasteiger partial charge in [0.15, 0.2) is 5.96 Å². The lowest BCUT2D eigenvalue weighted by molar-refractivity contribution is 0.173. The van der Waals surface area contributed by atoms with E-state index in [1.165, 1.54) is 12.1 Å². The Bertz CT molecular complexity index is 466. The van der Waals surface area contributed by atoms with Crippen LogP contribution in [0.1, 0.15) is 39.7 Å². The van der Waals surface area contributed by atoms with Crippen LogP contribution in [0.25, 0.3) is 0 Å². The van der Waals surface area contributed by atoms with Gasteiger partial charge >= 0.3 is 0 Å². The summed E-state index contributed by atoms with van der Waals surface area (Å²) in [5.74, 6) is 0.561. The average molecular weight is 450 g/mol. The molecule has 0 unspecified atom stereocenters. The van der Waals surface area contributed by atoms with Crippen molar-refractivity contribution in [3.63, 3.8) is 0 Å². The van der Waals surface area contributed by atoms with Crippen molar-refractivity contribution in [3.05, 3.63) is 35.6 Å². The average Bonchev–Trinajstić information content (AvgIpc) is 2.50. The molecule has 138 valence electrons. The Hall–Kier alpha value is -0.890. The summed E-state index contributed by atoms with van der Waals surface area (Å²) in [7, 11) is 1.76. The smallest absolute Gasteiger partial charge is 0.191 e. The molecule has 4 nitrogen and oxygen atoms in total. The van der Waals surface area contributed by atoms with Crippen LogP contribution in [0.15, 0.2) is 29.3 Å². The monoisotopic (exact) mass is 450 g/mol. The fraction of sp³-hybridized carbons (Fsp3) is 0.611. The van der Waals surface area contributed by atoms with Gasteiger partial charge in [0.25, 0.3) is 0 Å². The standard InChI is InChI=1S/C18H31FN4.HI/c1-14(2)23(15(3)4)12-6-11-21-18(20-5)22-13-16-7-9-17(19)10-8-16;/h7-10,14-15H,6,11-13H2,1-5H3,(H2,20,21,22);1H. The summed E-state index contributed by atoms with van der Waals surface area (Å²) in [5.41, 5.74) is 1.03. The zero-order valence-corrected chi connectivity index (χ0v) is 17.8. The van der Waals surface area contributed by atoms with Gasteiger partial charge in [0.2, 0.25) is 0 Å². The molecule has 0 fully saturated rings. The minimum absolute atomic E-state index is 0. The van der Waals surface area contributed by atoms with E-state index in [1.807, 2.05) is 0 Å². The molecular weight excluding hydrogens is 418 g/mol. The van der Waals surface area contributed by atoms with E-state index in [4.69, 9.17) is 0 Å². The molecule has 1 aromatic rings. The first-order valence-corrected chi connectivity index (χ1v) is 8.38. The number of rotatable bonds is 8. The van der Waals surface area contributed by atoms with Gasteiger partial charge in [0.1, 0.15) is 5.82 Å². The topological polar surface area (TPSA) is 39.7 Å². The number of guanidine groups is 1. The summed E-state index contributed by atoms with van der Waals surface area (Å²) in [6.45, 7) is 11.5. The Morgan fingerprint density at radius 3 is 2.17 bits per heavy atom. The molecule has 2 N–H and O–H groups in total. The maximum Gasteiger partial charge on any atom is 0.191 e. The van der Waals surface area contributed by atoms with Gasteiger partial charge in [-0.2, -0.15) is 0 Å². The second kappa shape index (κ2) is 12.5. The molecule has 1 aromatic carbocycles. The lowest BCUT2D eigenvalue weighted by Crippen LogP contribution is -2.41. The van der Waals surface area contributed by atoms with E-state index in [1.54, 1.807) is 19.2 Å². The van der Waals surface area contributed by atoms with Crippen molar-refractivity contribution >= 4 is 29.9 Å². The number of aliphatic imine (C=N–C) groups is 1. The van der Waals surface area contributed by atoms with Crippen molar-refractivity contribution < 1.29 is 4.39 Å². The van der Waals surface area contributed by atoms with Gasteiger partial charge in [-0.15, -0.1) is 24.0 Å². The third-order valence-electron chi connectivity index (χ3n) is 3.81. The molecule has 0 saturated carbocycles. The van der Waals surface area contributed by atoms with Gasteiger partial charge in [-0.1, -0.05) is 12.1 Å². The molecule has 0 radical (unpaired) electrons. The fourth-order valence-electron chi connectivity index (χ4n) is 2.59. The minimum Gasteiger partial charge on any atom is -0.356 e. The summed E-state index contributed by atoms with van der Waals surface area (Å²) in [6, 6.07) is 7.62. The van der Waals surface area contributed by atoms with E-state index in [0.29, 0.717) is 18.6 Å². The number of hydrogen-bond donors (Lipinski definition) is 2. The van der Waals surface area contributed by atoms with Gasteiger partial charge in [0.05, 0.1) is 0 Å². The van der Waals surface area contributed by atoms with Gasteiger partial charge in [-0.05, 0) is 51.8 Å². The fourth-order valence-corrected chi connectivity index (χ4v) is 2.59. The molecule has 0 aliphatic rings. The van der Waals surface area contributed by atoms with Gasteiger partial charge < -0.3 is 10.6 Å². The molecule has 0 spiro atoms. The first-order chi connectivity index (χ1) is 10.9. The molecule has 0 heterocycles. The van der Waals surface area contributed by atoms with Crippen molar-refractivity contribution in [2.75, 3.05) is 20.1 Å². The molecule has 6 heteroatoms. The van der Waals surface area contributed by atoms with Gasteiger partial charge in [-0.25, -0.2) is 4.39 Å². The summed E-state index contributed by atoms with van der Waals surface area (Å²) < 4.78 is 12.9. The normalized spacial score (nSPS) is 11.8. The van der Waals surface area contributed by atoms with Crippen molar-refractivity contribution in [2.24, 2.45) is 4.99 Å². The van der Waals surface area contributed by atoms with E-state index in [9.17, 15) is 4.39 Å². The molecule has 0 amide bonds. The molecule has 24 heavy (non-hydrogen) atoms. The van der Waals surface area contributed by atoms with Crippen LogP contribution in [0.2, 0.25) is 0 Å². The maximum atomic E-state index is 12.9. The summed E-state index contributed by atoms with van der Waals surface area (Å²) >= 11 is 0. The SMILES string of the molecule is CN=C(NCCCN(C(C)C)C(C)C)NCc1ccc(F)cc1.I. The van der Waals surface area contributed by atoms with Crippen molar-refractivity contribution in [2.45, 2.75) is 52.7 Å². The van der Waals surface area contributed by atoms with E-state index in [0.717, 1.165) is 31.0 Å². The zero-order chi connectivity index (χ0) is 17.2. The Balaban J connectivity index is 0.00000529. The molecule has 0 saturated heterocycles.